The number of aryl methyl sites for hydroxylation is 2. The Bertz CT molecular complexity index is 1330. The van der Waals surface area contributed by atoms with Crippen molar-refractivity contribution in [2.75, 3.05) is 23.4 Å². The largest absolute Gasteiger partial charge is 0.484 e. The van der Waals surface area contributed by atoms with Gasteiger partial charge in [-0.25, -0.2) is 0 Å². The maximum absolute atomic E-state index is 12.8. The number of hydrogen-bond donors (Lipinski definition) is 2. The van der Waals surface area contributed by atoms with Crippen LogP contribution in [0.2, 0.25) is 0 Å². The van der Waals surface area contributed by atoms with Crippen molar-refractivity contribution in [2.24, 2.45) is 5.92 Å². The van der Waals surface area contributed by atoms with Crippen molar-refractivity contribution >= 4 is 45.0 Å². The summed E-state index contributed by atoms with van der Waals surface area (Å²) in [6.45, 7) is 8.78. The van der Waals surface area contributed by atoms with E-state index in [0.717, 1.165) is 26.9 Å². The Morgan fingerprint density at radius 2 is 1.67 bits per heavy atom. The molecule has 3 aromatic rings. The number of anilines is 2. The Kier molecular flexibility index (Phi) is 9.07. The van der Waals surface area contributed by atoms with Gasteiger partial charge in [-0.05, 0) is 78.4 Å². The number of halogens is 1. The third-order valence-electron chi connectivity index (χ3n) is 6.89. The van der Waals surface area contributed by atoms with E-state index in [-0.39, 0.29) is 30.7 Å². The summed E-state index contributed by atoms with van der Waals surface area (Å²) in [5.74, 6) is 0.0958. The van der Waals surface area contributed by atoms with Crippen LogP contribution in [0.3, 0.4) is 0 Å². The minimum Gasteiger partial charge on any atom is -0.484 e. The second-order valence-corrected chi connectivity index (χ2v) is 11.2. The molecule has 1 saturated heterocycles. The fourth-order valence-corrected chi connectivity index (χ4v) is 5.33. The van der Waals surface area contributed by atoms with Gasteiger partial charge in [-0.3, -0.25) is 14.4 Å². The predicted octanol–water partition coefficient (Wildman–Crippen LogP) is 5.88. The number of nitrogens with zero attached hydrogens (tertiary/aromatic N) is 1. The summed E-state index contributed by atoms with van der Waals surface area (Å²) >= 11 is 3.46. The monoisotopic (exact) mass is 591 g/mol. The second kappa shape index (κ2) is 12.5. The van der Waals surface area contributed by atoms with Crippen LogP contribution in [0.1, 0.15) is 48.4 Å². The number of hydrogen-bond acceptors (Lipinski definition) is 4. The van der Waals surface area contributed by atoms with Gasteiger partial charge in [-0.1, -0.05) is 54.0 Å². The van der Waals surface area contributed by atoms with Crippen LogP contribution in [0.5, 0.6) is 5.75 Å². The average Bonchev–Trinajstić information content (AvgIpc) is 3.30. The highest BCUT2D eigenvalue weighted by molar-refractivity contribution is 9.10. The molecule has 2 N–H and O–H groups in total. The van der Waals surface area contributed by atoms with Crippen molar-refractivity contribution in [3.8, 4) is 5.75 Å². The Morgan fingerprint density at radius 1 is 1.03 bits per heavy atom. The van der Waals surface area contributed by atoms with Crippen molar-refractivity contribution in [2.45, 2.75) is 46.6 Å². The molecular formula is C31H34BrN3O4. The van der Waals surface area contributed by atoms with Gasteiger partial charge in [0.1, 0.15) is 5.75 Å². The normalized spacial score (nSPS) is 15.0. The second-order valence-electron chi connectivity index (χ2n) is 10.3. The molecular weight excluding hydrogens is 558 g/mol. The highest BCUT2D eigenvalue weighted by Gasteiger charge is 2.35. The fraction of sp³-hybridized carbons (Fsp3) is 0.323. The maximum Gasteiger partial charge on any atom is 0.262 e. The van der Waals surface area contributed by atoms with E-state index in [9.17, 15) is 14.4 Å². The zero-order chi connectivity index (χ0) is 28.1. The fourth-order valence-electron chi connectivity index (χ4n) is 4.64. The number of ether oxygens (including phenoxy) is 1. The number of amides is 3. The van der Waals surface area contributed by atoms with Gasteiger partial charge in [-0.15, -0.1) is 0 Å². The smallest absolute Gasteiger partial charge is 0.262 e. The number of carbonyl (C=O) groups is 3. The summed E-state index contributed by atoms with van der Waals surface area (Å²) < 4.78 is 6.61. The molecule has 1 fully saturated rings. The summed E-state index contributed by atoms with van der Waals surface area (Å²) in [7, 11) is 0. The first-order valence-corrected chi connectivity index (χ1v) is 13.9. The van der Waals surface area contributed by atoms with Crippen LogP contribution in [-0.4, -0.2) is 30.9 Å². The van der Waals surface area contributed by atoms with Crippen molar-refractivity contribution in [3.63, 3.8) is 0 Å². The van der Waals surface area contributed by atoms with Gasteiger partial charge in [-0.2, -0.15) is 0 Å². The Morgan fingerprint density at radius 3 is 2.28 bits per heavy atom. The van der Waals surface area contributed by atoms with Gasteiger partial charge >= 0.3 is 0 Å². The molecule has 7 nitrogen and oxygen atoms in total. The van der Waals surface area contributed by atoms with Crippen molar-refractivity contribution in [1.82, 2.24) is 5.32 Å². The van der Waals surface area contributed by atoms with Crippen LogP contribution in [0, 0.1) is 19.8 Å². The molecule has 3 aromatic carbocycles. The molecule has 4 rings (SSSR count). The van der Waals surface area contributed by atoms with E-state index in [0.29, 0.717) is 30.4 Å². The molecule has 1 heterocycles. The Labute approximate surface area is 238 Å². The average molecular weight is 593 g/mol. The summed E-state index contributed by atoms with van der Waals surface area (Å²) in [6, 6.07) is 19.1. The SMILES string of the molecule is Cc1cc(Br)cc(C)c1NC(=O)COc1ccc(N2C[C@H](C(=O)NCc3ccc(C(C)C)cc3)CC2=O)cc1. The van der Waals surface area contributed by atoms with E-state index in [2.05, 4.69) is 52.5 Å². The summed E-state index contributed by atoms with van der Waals surface area (Å²) in [4.78, 5) is 39.5. The first kappa shape index (κ1) is 28.4. The number of nitrogens with one attached hydrogen (secondary N) is 2. The first-order chi connectivity index (χ1) is 18.6. The molecule has 0 saturated carbocycles. The van der Waals surface area contributed by atoms with Crippen LogP contribution >= 0.6 is 15.9 Å². The molecule has 204 valence electrons. The predicted molar refractivity (Wildman–Crippen MR) is 157 cm³/mol. The standard InChI is InChI=1S/C31H34BrN3O4/c1-19(2)23-7-5-22(6-8-23)16-33-31(38)24-15-29(37)35(17-24)26-9-11-27(12-10-26)39-18-28(36)34-30-20(3)13-25(32)14-21(30)4/h5-14,19,24H,15-18H2,1-4H3,(H,33,38)(H,34,36)/t24-/m1/s1. The van der Waals surface area contributed by atoms with Crippen LogP contribution in [0.4, 0.5) is 11.4 Å². The quantitative estimate of drug-likeness (QED) is 0.325. The minimum absolute atomic E-state index is 0.0929. The number of benzene rings is 3. The molecule has 0 spiro atoms. The molecule has 0 bridgehead atoms. The lowest BCUT2D eigenvalue weighted by molar-refractivity contribution is -0.126. The topological polar surface area (TPSA) is 87.7 Å². The summed E-state index contributed by atoms with van der Waals surface area (Å²) in [6.07, 6.45) is 0.172. The molecule has 1 atom stereocenters. The number of rotatable bonds is 9. The number of carbonyl (C=O) groups excluding carboxylic acids is 3. The lowest BCUT2D eigenvalue weighted by Crippen LogP contribution is -2.32. The lowest BCUT2D eigenvalue weighted by atomic mass is 10.0. The van der Waals surface area contributed by atoms with Gasteiger partial charge in [0.05, 0.1) is 5.92 Å². The highest BCUT2D eigenvalue weighted by atomic mass is 79.9. The molecule has 1 aliphatic rings. The van der Waals surface area contributed by atoms with Gasteiger partial charge in [0, 0.05) is 35.4 Å². The van der Waals surface area contributed by atoms with E-state index in [4.69, 9.17) is 4.74 Å². The van der Waals surface area contributed by atoms with E-state index in [1.54, 1.807) is 29.2 Å². The van der Waals surface area contributed by atoms with Crippen molar-refractivity contribution in [3.05, 3.63) is 87.4 Å². The molecule has 0 unspecified atom stereocenters. The third-order valence-corrected chi connectivity index (χ3v) is 7.35. The minimum atomic E-state index is -0.405. The molecule has 0 aromatic heterocycles. The zero-order valence-corrected chi connectivity index (χ0v) is 24.3. The van der Waals surface area contributed by atoms with Crippen molar-refractivity contribution in [1.29, 1.82) is 0 Å². The van der Waals surface area contributed by atoms with Gasteiger partial charge in [0.2, 0.25) is 11.8 Å². The molecule has 39 heavy (non-hydrogen) atoms. The molecule has 3 amide bonds. The molecule has 0 radical (unpaired) electrons. The van der Waals surface area contributed by atoms with E-state index in [1.807, 2.05) is 38.1 Å². The van der Waals surface area contributed by atoms with Crippen LogP contribution < -0.4 is 20.3 Å². The van der Waals surface area contributed by atoms with Crippen LogP contribution in [-0.2, 0) is 20.9 Å². The van der Waals surface area contributed by atoms with Gasteiger partial charge in [0.15, 0.2) is 6.61 Å². The molecule has 0 aliphatic carbocycles. The van der Waals surface area contributed by atoms with E-state index in [1.165, 1.54) is 5.56 Å². The van der Waals surface area contributed by atoms with Crippen molar-refractivity contribution < 1.29 is 19.1 Å². The Balaban J connectivity index is 1.27. The maximum atomic E-state index is 12.8. The van der Waals surface area contributed by atoms with Gasteiger partial charge < -0.3 is 20.3 Å². The van der Waals surface area contributed by atoms with Gasteiger partial charge in [0.25, 0.3) is 5.91 Å². The highest BCUT2D eigenvalue weighted by Crippen LogP contribution is 2.28. The lowest BCUT2D eigenvalue weighted by Gasteiger charge is -2.17. The van der Waals surface area contributed by atoms with Crippen LogP contribution in [0.25, 0.3) is 0 Å². The zero-order valence-electron chi connectivity index (χ0n) is 22.7. The molecule has 8 heteroatoms. The van der Waals surface area contributed by atoms with Crippen LogP contribution in [0.15, 0.2) is 65.1 Å². The van der Waals surface area contributed by atoms with E-state index < -0.39 is 5.92 Å². The summed E-state index contributed by atoms with van der Waals surface area (Å²) in [5.41, 5.74) is 5.67. The Hall–Kier alpha value is -3.65. The third kappa shape index (κ3) is 7.26. The van der Waals surface area contributed by atoms with E-state index >= 15 is 0 Å². The first-order valence-electron chi connectivity index (χ1n) is 13.1. The molecule has 1 aliphatic heterocycles. The summed E-state index contributed by atoms with van der Waals surface area (Å²) in [5, 5.41) is 5.87.